The van der Waals surface area contributed by atoms with Crippen LogP contribution in [0.1, 0.15) is 15.9 Å². The number of hydrogen-bond donors (Lipinski definition) is 0. The minimum absolute atomic E-state index is 0.0978. The maximum Gasteiger partial charge on any atom is 0.414 e. The van der Waals surface area contributed by atoms with Crippen molar-refractivity contribution < 1.29 is 14.3 Å². The highest BCUT2D eigenvalue weighted by Crippen LogP contribution is 2.19. The van der Waals surface area contributed by atoms with Crippen molar-refractivity contribution in [3.63, 3.8) is 0 Å². The first-order valence-electron chi connectivity index (χ1n) is 6.89. The molecule has 0 N–H and O–H groups in total. The molecule has 1 fully saturated rings. The molecule has 0 atom stereocenters. The van der Waals surface area contributed by atoms with Gasteiger partial charge >= 0.3 is 6.09 Å². The topological polar surface area (TPSA) is 64.4 Å². The number of nitrogens with zero attached hydrogens (tertiary/aromatic N) is 3. The maximum absolute atomic E-state index is 12.1. The van der Waals surface area contributed by atoms with E-state index < -0.39 is 0 Å². The van der Waals surface area contributed by atoms with Crippen LogP contribution >= 0.6 is 0 Å². The number of ether oxygens (including phenoxy) is 1. The van der Waals surface area contributed by atoms with Crippen molar-refractivity contribution in [3.05, 3.63) is 53.9 Å². The van der Waals surface area contributed by atoms with Crippen LogP contribution in [0.3, 0.4) is 0 Å². The van der Waals surface area contributed by atoms with Crippen molar-refractivity contribution in [1.29, 1.82) is 0 Å². The number of benzene rings is 1. The van der Waals surface area contributed by atoms with Crippen molar-refractivity contribution in [2.75, 3.05) is 18.1 Å². The lowest BCUT2D eigenvalue weighted by atomic mass is 10.1. The van der Waals surface area contributed by atoms with Crippen LogP contribution in [0, 0.1) is 0 Å². The number of hydrogen-bond acceptors (Lipinski definition) is 4. The van der Waals surface area contributed by atoms with Crippen molar-refractivity contribution in [1.82, 2.24) is 9.78 Å². The van der Waals surface area contributed by atoms with E-state index in [1.807, 2.05) is 13.2 Å². The second-order valence-corrected chi connectivity index (χ2v) is 4.96. The number of anilines is 1. The number of ketones is 1. The Balaban J connectivity index is 1.71. The summed E-state index contributed by atoms with van der Waals surface area (Å²) in [5.41, 5.74) is 2.17. The van der Waals surface area contributed by atoms with Crippen molar-refractivity contribution in [2.24, 2.45) is 7.05 Å². The first-order chi connectivity index (χ1) is 10.6. The second-order valence-electron chi connectivity index (χ2n) is 4.96. The SMILES string of the molecule is Cn1cc(C=CC(=O)c2ccc(N3CCOC3=O)cc2)cn1. The zero-order chi connectivity index (χ0) is 15.5. The summed E-state index contributed by atoms with van der Waals surface area (Å²) in [7, 11) is 1.82. The third kappa shape index (κ3) is 2.90. The van der Waals surface area contributed by atoms with E-state index in [1.54, 1.807) is 46.1 Å². The van der Waals surface area contributed by atoms with Gasteiger partial charge in [0.1, 0.15) is 6.61 Å². The molecule has 1 aliphatic heterocycles. The van der Waals surface area contributed by atoms with Gasteiger partial charge in [0.05, 0.1) is 12.7 Å². The van der Waals surface area contributed by atoms with Gasteiger partial charge in [-0.05, 0) is 36.4 Å². The van der Waals surface area contributed by atoms with Gasteiger partial charge in [0.25, 0.3) is 0 Å². The Labute approximate surface area is 127 Å². The van der Waals surface area contributed by atoms with E-state index in [0.29, 0.717) is 18.7 Å². The lowest BCUT2D eigenvalue weighted by Crippen LogP contribution is -2.23. The molecular formula is C16H15N3O3. The molecule has 3 rings (SSSR count). The average molecular weight is 297 g/mol. The molecule has 1 saturated heterocycles. The molecule has 0 spiro atoms. The molecule has 6 nitrogen and oxygen atoms in total. The van der Waals surface area contributed by atoms with Gasteiger partial charge in [0, 0.05) is 30.1 Å². The van der Waals surface area contributed by atoms with Gasteiger partial charge in [-0.3, -0.25) is 14.4 Å². The summed E-state index contributed by atoms with van der Waals surface area (Å²) in [6.07, 6.45) is 6.39. The van der Waals surface area contributed by atoms with Gasteiger partial charge in [-0.25, -0.2) is 4.79 Å². The van der Waals surface area contributed by atoms with Crippen molar-refractivity contribution in [2.45, 2.75) is 0 Å². The molecule has 0 bridgehead atoms. The van der Waals surface area contributed by atoms with Crippen LogP contribution in [0.2, 0.25) is 0 Å². The number of amides is 1. The first-order valence-corrected chi connectivity index (χ1v) is 6.89. The van der Waals surface area contributed by atoms with E-state index in [1.165, 1.54) is 6.08 Å². The highest BCUT2D eigenvalue weighted by molar-refractivity contribution is 6.07. The number of aromatic nitrogens is 2. The minimum Gasteiger partial charge on any atom is -0.447 e. The second kappa shape index (κ2) is 5.85. The van der Waals surface area contributed by atoms with E-state index in [0.717, 1.165) is 11.3 Å². The van der Waals surface area contributed by atoms with Crippen molar-refractivity contribution in [3.8, 4) is 0 Å². The van der Waals surface area contributed by atoms with Gasteiger partial charge in [-0.15, -0.1) is 0 Å². The highest BCUT2D eigenvalue weighted by atomic mass is 16.6. The van der Waals surface area contributed by atoms with Gasteiger partial charge < -0.3 is 4.74 Å². The normalized spacial score (nSPS) is 14.6. The lowest BCUT2D eigenvalue weighted by Gasteiger charge is -2.12. The number of allylic oxidation sites excluding steroid dienone is 1. The molecule has 22 heavy (non-hydrogen) atoms. The smallest absolute Gasteiger partial charge is 0.414 e. The Morgan fingerprint density at radius 1 is 1.32 bits per heavy atom. The quantitative estimate of drug-likeness (QED) is 0.641. The molecule has 1 aromatic carbocycles. The molecule has 1 aromatic heterocycles. The number of aryl methyl sites for hydroxylation is 1. The van der Waals surface area contributed by atoms with E-state index in [4.69, 9.17) is 4.74 Å². The van der Waals surface area contributed by atoms with Gasteiger partial charge in [0.15, 0.2) is 5.78 Å². The number of carbonyl (C=O) groups excluding carboxylic acids is 2. The van der Waals surface area contributed by atoms with E-state index in [2.05, 4.69) is 5.10 Å². The molecule has 1 aliphatic rings. The summed E-state index contributed by atoms with van der Waals surface area (Å²) in [5, 5.41) is 4.03. The molecule has 0 aliphatic carbocycles. The number of cyclic esters (lactones) is 1. The monoisotopic (exact) mass is 297 g/mol. The molecule has 0 radical (unpaired) electrons. The van der Waals surface area contributed by atoms with Crippen LogP contribution in [-0.2, 0) is 11.8 Å². The van der Waals surface area contributed by atoms with Crippen LogP contribution < -0.4 is 4.90 Å². The van der Waals surface area contributed by atoms with Crippen LogP contribution in [0.15, 0.2) is 42.7 Å². The minimum atomic E-state index is -0.351. The van der Waals surface area contributed by atoms with Crippen LogP contribution in [0.5, 0.6) is 0 Å². The van der Waals surface area contributed by atoms with E-state index in [9.17, 15) is 9.59 Å². The number of carbonyl (C=O) groups is 2. The summed E-state index contributed by atoms with van der Waals surface area (Å²) in [6.45, 7) is 0.931. The van der Waals surface area contributed by atoms with Gasteiger partial charge in [-0.1, -0.05) is 0 Å². The average Bonchev–Trinajstić information content (AvgIpc) is 3.13. The molecule has 0 unspecified atom stereocenters. The maximum atomic E-state index is 12.1. The summed E-state index contributed by atoms with van der Waals surface area (Å²) in [4.78, 5) is 25.1. The van der Waals surface area contributed by atoms with Crippen LogP contribution in [0.25, 0.3) is 6.08 Å². The summed E-state index contributed by atoms with van der Waals surface area (Å²) in [6, 6.07) is 6.91. The third-order valence-corrected chi connectivity index (χ3v) is 3.38. The molecule has 112 valence electrons. The Kier molecular flexibility index (Phi) is 3.74. The molecular weight excluding hydrogens is 282 g/mol. The fourth-order valence-electron chi connectivity index (χ4n) is 2.23. The van der Waals surface area contributed by atoms with Crippen molar-refractivity contribution >= 4 is 23.6 Å². The fraction of sp³-hybridized carbons (Fsp3) is 0.188. The third-order valence-electron chi connectivity index (χ3n) is 3.38. The molecule has 1 amide bonds. The van der Waals surface area contributed by atoms with Crippen LogP contribution in [0.4, 0.5) is 10.5 Å². The Hall–Kier alpha value is -2.89. The molecule has 2 heterocycles. The molecule has 2 aromatic rings. The summed E-state index contributed by atoms with van der Waals surface area (Å²) < 4.78 is 6.56. The number of rotatable bonds is 4. The van der Waals surface area contributed by atoms with Crippen LogP contribution in [-0.4, -0.2) is 34.8 Å². The largest absolute Gasteiger partial charge is 0.447 e. The fourth-order valence-corrected chi connectivity index (χ4v) is 2.23. The standard InChI is InChI=1S/C16H15N3O3/c1-18-11-12(10-17-18)2-7-15(20)13-3-5-14(6-4-13)19-8-9-22-16(19)21/h2-7,10-11H,8-9H2,1H3. The molecule has 6 heteroatoms. The predicted molar refractivity (Wildman–Crippen MR) is 81.7 cm³/mol. The zero-order valence-corrected chi connectivity index (χ0v) is 12.1. The van der Waals surface area contributed by atoms with E-state index in [-0.39, 0.29) is 11.9 Å². The predicted octanol–water partition coefficient (Wildman–Crippen LogP) is 2.27. The van der Waals surface area contributed by atoms with Gasteiger partial charge in [0.2, 0.25) is 0 Å². The Morgan fingerprint density at radius 3 is 2.68 bits per heavy atom. The summed E-state index contributed by atoms with van der Waals surface area (Å²) in [5.74, 6) is -0.0978. The highest BCUT2D eigenvalue weighted by Gasteiger charge is 2.23. The van der Waals surface area contributed by atoms with Gasteiger partial charge in [-0.2, -0.15) is 5.10 Å². The summed E-state index contributed by atoms with van der Waals surface area (Å²) >= 11 is 0. The zero-order valence-electron chi connectivity index (χ0n) is 12.1. The van der Waals surface area contributed by atoms with E-state index >= 15 is 0 Å². The first kappa shape index (κ1) is 14.1. The Bertz CT molecular complexity index is 731. The lowest BCUT2D eigenvalue weighted by molar-refractivity contribution is 0.104. The molecule has 0 saturated carbocycles. The Morgan fingerprint density at radius 2 is 2.09 bits per heavy atom.